The molecule has 0 atom stereocenters. The molecule has 0 radical (unpaired) electrons. The first-order valence-electron chi connectivity index (χ1n) is 4.25. The summed E-state index contributed by atoms with van der Waals surface area (Å²) in [6.07, 6.45) is 0. The molecule has 4 nitrogen and oxygen atoms in total. The van der Waals surface area contributed by atoms with Crippen LogP contribution in [0.4, 0.5) is 0 Å². The Balaban J connectivity index is 2.82. The average molecular weight is 231 g/mol. The van der Waals surface area contributed by atoms with Crippen molar-refractivity contribution in [3.63, 3.8) is 0 Å². The zero-order valence-corrected chi connectivity index (χ0v) is 8.95. The summed E-state index contributed by atoms with van der Waals surface area (Å²) in [5.74, 6) is 0.219. The van der Waals surface area contributed by atoms with Crippen LogP contribution in [0.1, 0.15) is 5.56 Å². The van der Waals surface area contributed by atoms with E-state index in [9.17, 15) is 4.79 Å². The summed E-state index contributed by atoms with van der Waals surface area (Å²) in [5.41, 5.74) is 0.885. The molecule has 0 heterocycles. The predicted molar refractivity (Wildman–Crippen MR) is 55.7 cm³/mol. The highest BCUT2D eigenvalue weighted by atomic mass is 35.5. The molecule has 0 aromatic heterocycles. The van der Waals surface area contributed by atoms with Gasteiger partial charge in [0, 0.05) is 5.88 Å². The lowest BCUT2D eigenvalue weighted by atomic mass is 10.2. The van der Waals surface area contributed by atoms with Crippen LogP contribution in [0, 0.1) is 0 Å². The first kappa shape index (κ1) is 11.7. The number of alkyl halides is 1. The van der Waals surface area contributed by atoms with Crippen LogP contribution >= 0.6 is 11.6 Å². The number of ether oxygens (including phenoxy) is 2. The van der Waals surface area contributed by atoms with E-state index in [2.05, 4.69) is 0 Å². The number of halogens is 1. The fraction of sp³-hybridized carbons (Fsp3) is 0.300. The van der Waals surface area contributed by atoms with E-state index >= 15 is 0 Å². The Bertz CT molecular complexity index is 351. The first-order valence-corrected chi connectivity index (χ1v) is 4.78. The van der Waals surface area contributed by atoms with E-state index in [1.165, 1.54) is 7.11 Å². The van der Waals surface area contributed by atoms with Gasteiger partial charge in [0.25, 0.3) is 0 Å². The minimum Gasteiger partial charge on any atom is -0.493 e. The van der Waals surface area contributed by atoms with Crippen molar-refractivity contribution >= 4 is 17.6 Å². The Morgan fingerprint density at radius 2 is 2.20 bits per heavy atom. The van der Waals surface area contributed by atoms with Crippen molar-refractivity contribution < 1.29 is 19.4 Å². The molecule has 0 unspecified atom stereocenters. The van der Waals surface area contributed by atoms with Gasteiger partial charge < -0.3 is 14.6 Å². The second-order valence-corrected chi connectivity index (χ2v) is 3.07. The summed E-state index contributed by atoms with van der Waals surface area (Å²) in [6, 6.07) is 5.11. The number of carboxylic acid groups (broad SMARTS) is 1. The number of rotatable bonds is 5. The molecule has 0 aliphatic rings. The topological polar surface area (TPSA) is 55.8 Å². The maximum absolute atomic E-state index is 10.3. The van der Waals surface area contributed by atoms with Crippen molar-refractivity contribution in [2.45, 2.75) is 5.88 Å². The fourth-order valence-electron chi connectivity index (χ4n) is 1.05. The number of carboxylic acids is 1. The van der Waals surface area contributed by atoms with Crippen LogP contribution in [0.3, 0.4) is 0 Å². The third-order valence-electron chi connectivity index (χ3n) is 1.73. The molecule has 0 bridgehead atoms. The van der Waals surface area contributed by atoms with Crippen LogP contribution in [0.5, 0.6) is 11.5 Å². The van der Waals surface area contributed by atoms with E-state index in [4.69, 9.17) is 26.2 Å². The van der Waals surface area contributed by atoms with Crippen molar-refractivity contribution in [3.8, 4) is 11.5 Å². The molecule has 0 aliphatic heterocycles. The lowest BCUT2D eigenvalue weighted by Crippen LogP contribution is -2.10. The third-order valence-corrected chi connectivity index (χ3v) is 2.04. The highest BCUT2D eigenvalue weighted by Gasteiger charge is 2.07. The maximum atomic E-state index is 10.3. The maximum Gasteiger partial charge on any atom is 0.341 e. The number of hydrogen-bond acceptors (Lipinski definition) is 3. The van der Waals surface area contributed by atoms with Gasteiger partial charge in [-0.05, 0) is 17.7 Å². The van der Waals surface area contributed by atoms with Gasteiger partial charge in [-0.25, -0.2) is 4.79 Å². The summed E-state index contributed by atoms with van der Waals surface area (Å²) in [5, 5.41) is 8.45. The SMILES string of the molecule is COc1cc(CCl)ccc1OCC(=O)O. The number of methoxy groups -OCH3 is 1. The Morgan fingerprint density at radius 3 is 2.73 bits per heavy atom. The van der Waals surface area contributed by atoms with Gasteiger partial charge in [-0.3, -0.25) is 0 Å². The van der Waals surface area contributed by atoms with Crippen molar-refractivity contribution in [2.75, 3.05) is 13.7 Å². The smallest absolute Gasteiger partial charge is 0.341 e. The molecular weight excluding hydrogens is 220 g/mol. The predicted octanol–water partition coefficient (Wildman–Crippen LogP) is 1.90. The molecule has 0 amide bonds. The van der Waals surface area contributed by atoms with Crippen LogP contribution in [0.25, 0.3) is 0 Å². The van der Waals surface area contributed by atoms with Crippen molar-refractivity contribution in [2.24, 2.45) is 0 Å². The van der Waals surface area contributed by atoms with Gasteiger partial charge in [0.05, 0.1) is 7.11 Å². The highest BCUT2D eigenvalue weighted by molar-refractivity contribution is 6.17. The molecule has 1 N–H and O–H groups in total. The first-order chi connectivity index (χ1) is 7.17. The molecule has 5 heteroatoms. The zero-order valence-electron chi connectivity index (χ0n) is 8.20. The van der Waals surface area contributed by atoms with Gasteiger partial charge >= 0.3 is 5.97 Å². The van der Waals surface area contributed by atoms with Crippen molar-refractivity contribution in [3.05, 3.63) is 23.8 Å². The van der Waals surface area contributed by atoms with E-state index < -0.39 is 12.6 Å². The standard InChI is InChI=1S/C10H11ClO4/c1-14-9-4-7(5-11)2-3-8(9)15-6-10(12)13/h2-4H,5-6H2,1H3,(H,12,13). The number of aliphatic carboxylic acids is 1. The van der Waals surface area contributed by atoms with Gasteiger partial charge in [0.15, 0.2) is 18.1 Å². The van der Waals surface area contributed by atoms with E-state index in [0.29, 0.717) is 17.4 Å². The molecule has 1 aromatic carbocycles. The molecule has 82 valence electrons. The van der Waals surface area contributed by atoms with E-state index in [0.717, 1.165) is 5.56 Å². The van der Waals surface area contributed by atoms with Crippen molar-refractivity contribution in [1.82, 2.24) is 0 Å². The number of carbonyl (C=O) groups is 1. The summed E-state index contributed by atoms with van der Waals surface area (Å²) >= 11 is 5.65. The van der Waals surface area contributed by atoms with Crippen LogP contribution in [0.2, 0.25) is 0 Å². The molecule has 1 aromatic rings. The normalized spacial score (nSPS) is 9.73. The third kappa shape index (κ3) is 3.32. The van der Waals surface area contributed by atoms with E-state index in [1.807, 2.05) is 0 Å². The molecule has 0 spiro atoms. The molecule has 0 aliphatic carbocycles. The largest absolute Gasteiger partial charge is 0.493 e. The minimum atomic E-state index is -1.03. The molecular formula is C10H11ClO4. The van der Waals surface area contributed by atoms with Gasteiger partial charge in [-0.15, -0.1) is 11.6 Å². The van der Waals surface area contributed by atoms with Crippen LogP contribution in [0.15, 0.2) is 18.2 Å². The lowest BCUT2D eigenvalue weighted by Gasteiger charge is -2.09. The Labute approximate surface area is 92.4 Å². The summed E-state index contributed by atoms with van der Waals surface area (Å²) < 4.78 is 10.1. The van der Waals surface area contributed by atoms with Gasteiger partial charge in [-0.2, -0.15) is 0 Å². The van der Waals surface area contributed by atoms with Crippen LogP contribution in [-0.4, -0.2) is 24.8 Å². The van der Waals surface area contributed by atoms with Gasteiger partial charge in [0.1, 0.15) is 0 Å². The second-order valence-electron chi connectivity index (χ2n) is 2.80. The Hall–Kier alpha value is -1.42. The quantitative estimate of drug-likeness (QED) is 0.785. The summed E-state index contributed by atoms with van der Waals surface area (Å²) in [7, 11) is 1.49. The average Bonchev–Trinajstić information content (AvgIpc) is 2.25. The van der Waals surface area contributed by atoms with Crippen LogP contribution < -0.4 is 9.47 Å². The number of hydrogen-bond donors (Lipinski definition) is 1. The van der Waals surface area contributed by atoms with E-state index in [1.54, 1.807) is 18.2 Å². The van der Waals surface area contributed by atoms with Crippen LogP contribution in [-0.2, 0) is 10.7 Å². The van der Waals surface area contributed by atoms with E-state index in [-0.39, 0.29) is 0 Å². The Morgan fingerprint density at radius 1 is 1.47 bits per heavy atom. The number of benzene rings is 1. The molecule has 1 rings (SSSR count). The second kappa shape index (κ2) is 5.46. The molecule has 15 heavy (non-hydrogen) atoms. The fourth-order valence-corrected chi connectivity index (χ4v) is 1.22. The highest BCUT2D eigenvalue weighted by Crippen LogP contribution is 2.28. The summed E-state index contributed by atoms with van der Waals surface area (Å²) in [6.45, 7) is -0.392. The lowest BCUT2D eigenvalue weighted by molar-refractivity contribution is -0.139. The van der Waals surface area contributed by atoms with Gasteiger partial charge in [0.2, 0.25) is 0 Å². The molecule has 0 saturated carbocycles. The molecule has 0 fully saturated rings. The van der Waals surface area contributed by atoms with Gasteiger partial charge in [-0.1, -0.05) is 6.07 Å². The minimum absolute atomic E-state index is 0.371. The van der Waals surface area contributed by atoms with Crippen molar-refractivity contribution in [1.29, 1.82) is 0 Å². The summed E-state index contributed by atoms with van der Waals surface area (Å²) in [4.78, 5) is 10.3. The monoisotopic (exact) mass is 230 g/mol. The zero-order chi connectivity index (χ0) is 11.3. The molecule has 0 saturated heterocycles. The Kier molecular flexibility index (Phi) is 4.24.